The predicted octanol–water partition coefficient (Wildman–Crippen LogP) is 4.41. The molecule has 2 atom stereocenters. The molecule has 0 aliphatic rings. The Balaban J connectivity index is 1.58. The molecule has 0 spiro atoms. The van der Waals surface area contributed by atoms with Crippen LogP contribution in [0.2, 0.25) is 0 Å². The number of ether oxygens (including phenoxy) is 1. The lowest BCUT2D eigenvalue weighted by Gasteiger charge is -2.21. The van der Waals surface area contributed by atoms with Gasteiger partial charge in [0.15, 0.2) is 0 Å². The van der Waals surface area contributed by atoms with Crippen molar-refractivity contribution in [1.29, 1.82) is 0 Å². The smallest absolute Gasteiger partial charge is 0.339 e. The summed E-state index contributed by atoms with van der Waals surface area (Å²) in [4.78, 5) is 11.4. The van der Waals surface area contributed by atoms with Crippen molar-refractivity contribution in [1.82, 2.24) is 5.32 Å². The number of aromatic hydroxyl groups is 1. The minimum absolute atomic E-state index is 0.136. The van der Waals surface area contributed by atoms with Crippen LogP contribution in [0.3, 0.4) is 0 Å². The van der Waals surface area contributed by atoms with Crippen LogP contribution in [0, 0.1) is 0 Å². The van der Waals surface area contributed by atoms with Crippen LogP contribution < -0.4 is 10.1 Å². The largest absolute Gasteiger partial charge is 0.508 e. The molecule has 3 aromatic carbocycles. The molecule has 0 saturated heterocycles. The summed E-state index contributed by atoms with van der Waals surface area (Å²) in [5, 5.41) is 32.5. The number of aliphatic hydroxyl groups is 1. The van der Waals surface area contributed by atoms with Gasteiger partial charge in [0.05, 0.1) is 12.7 Å². The van der Waals surface area contributed by atoms with E-state index in [0.717, 1.165) is 28.7 Å². The quantitative estimate of drug-likeness (QED) is 0.377. The first-order valence-corrected chi connectivity index (χ1v) is 10.7. The van der Waals surface area contributed by atoms with Crippen LogP contribution in [0.5, 0.6) is 11.5 Å². The third-order valence-electron chi connectivity index (χ3n) is 5.39. The van der Waals surface area contributed by atoms with Crippen LogP contribution in [0.25, 0.3) is 11.1 Å². The summed E-state index contributed by atoms with van der Waals surface area (Å²) in [5.74, 6) is -0.462. The average molecular weight is 436 g/mol. The van der Waals surface area contributed by atoms with Gasteiger partial charge in [-0.25, -0.2) is 4.79 Å². The molecule has 0 bridgehead atoms. The van der Waals surface area contributed by atoms with Gasteiger partial charge in [-0.1, -0.05) is 42.5 Å². The van der Waals surface area contributed by atoms with Gasteiger partial charge in [0.2, 0.25) is 0 Å². The van der Waals surface area contributed by atoms with E-state index in [1.54, 1.807) is 42.5 Å². The highest BCUT2D eigenvalue weighted by Crippen LogP contribution is 2.28. The van der Waals surface area contributed by atoms with Crippen LogP contribution >= 0.6 is 0 Å². The highest BCUT2D eigenvalue weighted by Gasteiger charge is 2.16. The second-order valence-corrected chi connectivity index (χ2v) is 7.68. The molecular formula is C26H29NO5. The Morgan fingerprint density at radius 1 is 1.00 bits per heavy atom. The number of nitrogens with one attached hydrogen (secondary N) is 1. The number of hydrogen-bond acceptors (Lipinski definition) is 5. The molecule has 3 rings (SSSR count). The van der Waals surface area contributed by atoms with E-state index < -0.39 is 12.1 Å². The van der Waals surface area contributed by atoms with Crippen molar-refractivity contribution in [3.63, 3.8) is 0 Å². The van der Waals surface area contributed by atoms with Crippen molar-refractivity contribution in [2.45, 2.75) is 32.4 Å². The zero-order valence-corrected chi connectivity index (χ0v) is 18.3. The molecule has 0 aliphatic heterocycles. The summed E-state index contributed by atoms with van der Waals surface area (Å²) in [6.07, 6.45) is 0.140. The minimum atomic E-state index is -1.01. The molecule has 0 saturated carbocycles. The SMILES string of the molecule is CCOc1cc(-c2ccc(CCN[C@@H](C)[C@@H](O)c3ccc(O)cc3)cc2)ccc1C(=O)O. The lowest BCUT2D eigenvalue weighted by molar-refractivity contribution is 0.0692. The number of carbonyl (C=O) groups is 1. The Kier molecular flexibility index (Phi) is 7.87. The van der Waals surface area contributed by atoms with Crippen molar-refractivity contribution in [3.8, 4) is 22.6 Å². The molecule has 3 aromatic rings. The first kappa shape index (κ1) is 23.3. The molecule has 0 heterocycles. The third kappa shape index (κ3) is 5.87. The number of hydrogen-bond donors (Lipinski definition) is 4. The zero-order valence-electron chi connectivity index (χ0n) is 18.3. The molecule has 0 unspecified atom stereocenters. The summed E-state index contributed by atoms with van der Waals surface area (Å²) in [5.41, 5.74) is 3.94. The third-order valence-corrected chi connectivity index (χ3v) is 5.39. The first-order chi connectivity index (χ1) is 15.4. The van der Waals surface area contributed by atoms with Gasteiger partial charge in [0.25, 0.3) is 0 Å². The fraction of sp³-hybridized carbons (Fsp3) is 0.269. The van der Waals surface area contributed by atoms with Gasteiger partial charge >= 0.3 is 5.97 Å². The monoisotopic (exact) mass is 435 g/mol. The summed E-state index contributed by atoms with van der Waals surface area (Å²) in [6.45, 7) is 4.86. The standard InChI is InChI=1S/C26H29NO5/c1-3-32-24-16-21(10-13-23(24)26(30)31)19-6-4-18(5-7-19)14-15-27-17(2)25(29)20-8-11-22(28)12-9-20/h4-13,16-17,25,27-29H,3,14-15H2,1-2H3,(H,30,31)/t17-,25+/m0/s1. The van der Waals surface area contributed by atoms with Crippen molar-refractivity contribution < 1.29 is 24.9 Å². The number of carboxylic acid groups (broad SMARTS) is 1. The van der Waals surface area contributed by atoms with Gasteiger partial charge in [0.1, 0.15) is 17.1 Å². The molecule has 32 heavy (non-hydrogen) atoms. The molecular weight excluding hydrogens is 406 g/mol. The van der Waals surface area contributed by atoms with Crippen LogP contribution in [0.15, 0.2) is 66.7 Å². The van der Waals surface area contributed by atoms with Gasteiger partial charge in [-0.3, -0.25) is 0 Å². The predicted molar refractivity (Wildman–Crippen MR) is 124 cm³/mol. The summed E-state index contributed by atoms with van der Waals surface area (Å²) >= 11 is 0. The maximum atomic E-state index is 11.4. The highest BCUT2D eigenvalue weighted by molar-refractivity contribution is 5.92. The summed E-state index contributed by atoms with van der Waals surface area (Å²) in [7, 11) is 0. The van der Waals surface area contributed by atoms with Crippen LogP contribution in [0.1, 0.15) is 41.4 Å². The first-order valence-electron chi connectivity index (χ1n) is 10.7. The molecule has 168 valence electrons. The van der Waals surface area contributed by atoms with E-state index in [0.29, 0.717) is 18.9 Å². The van der Waals surface area contributed by atoms with Gasteiger partial charge in [-0.2, -0.15) is 0 Å². The maximum absolute atomic E-state index is 11.4. The maximum Gasteiger partial charge on any atom is 0.339 e. The highest BCUT2D eigenvalue weighted by atomic mass is 16.5. The zero-order chi connectivity index (χ0) is 23.1. The molecule has 0 aliphatic carbocycles. The molecule has 0 fully saturated rings. The average Bonchev–Trinajstić information content (AvgIpc) is 2.79. The van der Waals surface area contributed by atoms with E-state index in [1.807, 2.05) is 38.1 Å². The number of phenolic OH excluding ortho intramolecular Hbond substituents is 1. The number of aromatic carboxylic acids is 1. The number of aliphatic hydroxyl groups excluding tert-OH is 1. The lowest BCUT2D eigenvalue weighted by atomic mass is 10.0. The van der Waals surface area contributed by atoms with Crippen molar-refractivity contribution >= 4 is 5.97 Å². The van der Waals surface area contributed by atoms with Gasteiger partial charge in [-0.15, -0.1) is 0 Å². The molecule has 0 amide bonds. The Morgan fingerprint density at radius 3 is 2.28 bits per heavy atom. The van der Waals surface area contributed by atoms with Crippen LogP contribution in [-0.4, -0.2) is 40.5 Å². The van der Waals surface area contributed by atoms with Gasteiger partial charge in [-0.05, 0) is 73.3 Å². The summed E-state index contributed by atoms with van der Waals surface area (Å²) in [6, 6.07) is 19.7. The number of phenols is 1. The van der Waals surface area contributed by atoms with Gasteiger partial charge in [0, 0.05) is 6.04 Å². The second-order valence-electron chi connectivity index (χ2n) is 7.68. The van der Waals surface area contributed by atoms with Crippen LogP contribution in [0.4, 0.5) is 0 Å². The van der Waals surface area contributed by atoms with Crippen molar-refractivity contribution in [3.05, 3.63) is 83.4 Å². The molecule has 4 N–H and O–H groups in total. The van der Waals surface area contributed by atoms with Crippen molar-refractivity contribution in [2.24, 2.45) is 0 Å². The Bertz CT molecular complexity index is 1030. The molecule has 6 nitrogen and oxygen atoms in total. The van der Waals surface area contributed by atoms with E-state index in [2.05, 4.69) is 5.32 Å². The van der Waals surface area contributed by atoms with Crippen molar-refractivity contribution in [2.75, 3.05) is 13.2 Å². The minimum Gasteiger partial charge on any atom is -0.508 e. The lowest BCUT2D eigenvalue weighted by Crippen LogP contribution is -2.33. The molecule has 6 heteroatoms. The van der Waals surface area contributed by atoms with E-state index in [1.165, 1.54) is 0 Å². The van der Waals surface area contributed by atoms with Gasteiger partial charge < -0.3 is 25.4 Å². The van der Waals surface area contributed by atoms with Crippen LogP contribution in [-0.2, 0) is 6.42 Å². The normalized spacial score (nSPS) is 12.8. The second kappa shape index (κ2) is 10.8. The van der Waals surface area contributed by atoms with E-state index in [-0.39, 0.29) is 17.4 Å². The Hall–Kier alpha value is -3.35. The summed E-state index contributed by atoms with van der Waals surface area (Å²) < 4.78 is 5.49. The van der Waals surface area contributed by atoms with E-state index in [9.17, 15) is 20.1 Å². The fourth-order valence-corrected chi connectivity index (χ4v) is 3.53. The molecule has 0 radical (unpaired) electrons. The number of carboxylic acids is 1. The Labute approximate surface area is 188 Å². The molecule has 0 aromatic heterocycles. The Morgan fingerprint density at radius 2 is 1.66 bits per heavy atom. The number of benzene rings is 3. The van der Waals surface area contributed by atoms with E-state index in [4.69, 9.17) is 4.74 Å². The fourth-order valence-electron chi connectivity index (χ4n) is 3.53. The number of rotatable bonds is 10. The topological polar surface area (TPSA) is 99.0 Å². The van der Waals surface area contributed by atoms with E-state index >= 15 is 0 Å².